The first kappa shape index (κ1) is 20.4. The van der Waals surface area contributed by atoms with Gasteiger partial charge in [-0.2, -0.15) is 0 Å². The molecule has 2 aromatic carbocycles. The van der Waals surface area contributed by atoms with Gasteiger partial charge in [-0.3, -0.25) is 19.2 Å². The number of rotatable bonds is 6. The number of carbonyl (C=O) groups excluding carboxylic acids is 1. The summed E-state index contributed by atoms with van der Waals surface area (Å²) in [5, 5.41) is 13.7. The van der Waals surface area contributed by atoms with Crippen LogP contribution in [0.2, 0.25) is 0 Å². The highest BCUT2D eigenvalue weighted by molar-refractivity contribution is 7.92. The van der Waals surface area contributed by atoms with Crippen LogP contribution in [-0.4, -0.2) is 38.3 Å². The molecular formula is C18H19N3O7S. The van der Waals surface area contributed by atoms with E-state index in [-0.39, 0.29) is 18.2 Å². The number of hydrogen-bond acceptors (Lipinski definition) is 7. The molecule has 3 rings (SSSR count). The summed E-state index contributed by atoms with van der Waals surface area (Å²) in [5.41, 5.74) is 0.664. The van der Waals surface area contributed by atoms with Crippen LogP contribution in [0.15, 0.2) is 36.4 Å². The third kappa shape index (κ3) is 4.24. The average molecular weight is 421 g/mol. The van der Waals surface area contributed by atoms with Crippen molar-refractivity contribution in [2.45, 2.75) is 19.9 Å². The molecule has 1 aliphatic heterocycles. The molecule has 0 aromatic heterocycles. The SMILES string of the molecule is Cc1ccc([N+](=O)[O-])cc1N(C(C)C(=O)Nc1ccc2c(c1)OCO2)S(C)(=O)=O. The van der Waals surface area contributed by atoms with Gasteiger partial charge in [0.25, 0.3) is 5.69 Å². The van der Waals surface area contributed by atoms with E-state index in [9.17, 15) is 23.3 Å². The molecule has 11 heteroatoms. The number of fused-ring (bicyclic) bond motifs is 1. The third-order valence-electron chi connectivity index (χ3n) is 4.37. The molecule has 29 heavy (non-hydrogen) atoms. The van der Waals surface area contributed by atoms with Gasteiger partial charge in [0.05, 0.1) is 16.9 Å². The number of nitro groups is 1. The van der Waals surface area contributed by atoms with Crippen LogP contribution in [0.1, 0.15) is 12.5 Å². The second-order valence-electron chi connectivity index (χ2n) is 6.52. The van der Waals surface area contributed by atoms with Gasteiger partial charge in [0, 0.05) is 23.9 Å². The molecule has 1 heterocycles. The molecule has 0 bridgehead atoms. The Hall–Kier alpha value is -3.34. The first-order valence-electron chi connectivity index (χ1n) is 8.53. The van der Waals surface area contributed by atoms with E-state index in [1.54, 1.807) is 25.1 Å². The Bertz CT molecular complexity index is 1080. The molecule has 0 spiro atoms. The molecule has 2 aromatic rings. The number of hydrogen-bond donors (Lipinski definition) is 1. The zero-order valence-corrected chi connectivity index (χ0v) is 16.7. The van der Waals surface area contributed by atoms with Crippen LogP contribution in [0.4, 0.5) is 17.1 Å². The topological polar surface area (TPSA) is 128 Å². The standard InChI is InChI=1S/C18H19N3O7S/c1-11-4-6-14(21(23)24)9-15(11)20(29(3,25)26)12(2)18(22)19-13-5-7-16-17(8-13)28-10-27-16/h4-9,12H,10H2,1-3H3,(H,19,22). The van der Waals surface area contributed by atoms with Crippen molar-refractivity contribution in [2.75, 3.05) is 22.7 Å². The van der Waals surface area contributed by atoms with Gasteiger partial charge in [-0.1, -0.05) is 6.07 Å². The van der Waals surface area contributed by atoms with Gasteiger partial charge in [-0.25, -0.2) is 8.42 Å². The molecule has 0 saturated carbocycles. The molecule has 154 valence electrons. The van der Waals surface area contributed by atoms with Crippen LogP contribution in [0, 0.1) is 17.0 Å². The molecule has 1 unspecified atom stereocenters. The van der Waals surface area contributed by atoms with Crippen LogP contribution in [0.5, 0.6) is 11.5 Å². The predicted molar refractivity (Wildman–Crippen MR) is 106 cm³/mol. The fraction of sp³-hybridized carbons (Fsp3) is 0.278. The van der Waals surface area contributed by atoms with Gasteiger partial charge < -0.3 is 14.8 Å². The fourth-order valence-electron chi connectivity index (χ4n) is 2.95. The average Bonchev–Trinajstić information content (AvgIpc) is 3.09. The quantitative estimate of drug-likeness (QED) is 0.560. The number of aryl methyl sites for hydroxylation is 1. The number of anilines is 2. The van der Waals surface area contributed by atoms with E-state index in [0.717, 1.165) is 16.6 Å². The number of nitrogens with zero attached hydrogens (tertiary/aromatic N) is 2. The molecule has 0 saturated heterocycles. The number of nitrogens with one attached hydrogen (secondary N) is 1. The van der Waals surface area contributed by atoms with Crippen molar-refractivity contribution in [3.05, 3.63) is 52.1 Å². The van der Waals surface area contributed by atoms with Crippen molar-refractivity contribution in [2.24, 2.45) is 0 Å². The van der Waals surface area contributed by atoms with E-state index in [1.165, 1.54) is 19.1 Å². The lowest BCUT2D eigenvalue weighted by Crippen LogP contribution is -2.45. The highest BCUT2D eigenvalue weighted by Gasteiger charge is 2.31. The minimum atomic E-state index is -3.92. The third-order valence-corrected chi connectivity index (χ3v) is 5.60. The number of benzene rings is 2. The molecule has 1 N–H and O–H groups in total. The maximum absolute atomic E-state index is 12.8. The maximum atomic E-state index is 12.8. The summed E-state index contributed by atoms with van der Waals surface area (Å²) in [5.74, 6) is 0.395. The van der Waals surface area contributed by atoms with Gasteiger partial charge in [-0.05, 0) is 31.5 Å². The number of amides is 1. The second kappa shape index (κ2) is 7.59. The van der Waals surface area contributed by atoms with Crippen LogP contribution in [-0.2, 0) is 14.8 Å². The van der Waals surface area contributed by atoms with Crippen LogP contribution in [0.25, 0.3) is 0 Å². The van der Waals surface area contributed by atoms with E-state index < -0.39 is 26.9 Å². The molecular weight excluding hydrogens is 402 g/mol. The summed E-state index contributed by atoms with van der Waals surface area (Å²) in [6, 6.07) is 7.47. The highest BCUT2D eigenvalue weighted by atomic mass is 32.2. The van der Waals surface area contributed by atoms with E-state index in [2.05, 4.69) is 5.32 Å². The lowest BCUT2D eigenvalue weighted by molar-refractivity contribution is -0.384. The van der Waals surface area contributed by atoms with E-state index in [4.69, 9.17) is 9.47 Å². The number of non-ortho nitro benzene ring substituents is 1. The molecule has 10 nitrogen and oxygen atoms in total. The van der Waals surface area contributed by atoms with E-state index in [0.29, 0.717) is 22.7 Å². The zero-order chi connectivity index (χ0) is 21.3. The lowest BCUT2D eigenvalue weighted by atomic mass is 10.1. The summed E-state index contributed by atoms with van der Waals surface area (Å²) in [4.78, 5) is 23.3. The highest BCUT2D eigenvalue weighted by Crippen LogP contribution is 2.34. The van der Waals surface area contributed by atoms with E-state index >= 15 is 0 Å². The molecule has 0 fully saturated rings. The summed E-state index contributed by atoms with van der Waals surface area (Å²) in [6.07, 6.45) is 0.940. The van der Waals surface area contributed by atoms with Crippen LogP contribution >= 0.6 is 0 Å². The Labute approximate surface area is 167 Å². The molecule has 0 radical (unpaired) electrons. The van der Waals surface area contributed by atoms with Crippen molar-refractivity contribution in [1.29, 1.82) is 0 Å². The molecule has 0 aliphatic carbocycles. The van der Waals surface area contributed by atoms with Crippen molar-refractivity contribution < 1.29 is 27.6 Å². The van der Waals surface area contributed by atoms with Crippen LogP contribution < -0.4 is 19.1 Å². The first-order chi connectivity index (χ1) is 13.6. The van der Waals surface area contributed by atoms with Gasteiger partial charge in [-0.15, -0.1) is 0 Å². The van der Waals surface area contributed by atoms with Gasteiger partial charge in [0.15, 0.2) is 11.5 Å². The normalized spacial score (nSPS) is 13.6. The Kier molecular flexibility index (Phi) is 5.33. The van der Waals surface area contributed by atoms with E-state index in [1.807, 2.05) is 0 Å². The second-order valence-corrected chi connectivity index (χ2v) is 8.38. The van der Waals surface area contributed by atoms with Crippen molar-refractivity contribution in [3.8, 4) is 11.5 Å². The lowest BCUT2D eigenvalue weighted by Gasteiger charge is -2.29. The Morgan fingerprint density at radius 3 is 2.55 bits per heavy atom. The first-order valence-corrected chi connectivity index (χ1v) is 10.4. The largest absolute Gasteiger partial charge is 0.454 e. The maximum Gasteiger partial charge on any atom is 0.271 e. The van der Waals surface area contributed by atoms with Gasteiger partial charge in [0.1, 0.15) is 6.04 Å². The predicted octanol–water partition coefficient (Wildman–Crippen LogP) is 2.43. The summed E-state index contributed by atoms with van der Waals surface area (Å²) in [7, 11) is -3.92. The number of carbonyl (C=O) groups is 1. The minimum absolute atomic E-state index is 0.0648. The molecule has 1 amide bonds. The van der Waals surface area contributed by atoms with Crippen molar-refractivity contribution in [3.63, 3.8) is 0 Å². The summed E-state index contributed by atoms with van der Waals surface area (Å²) in [6.45, 7) is 3.10. The van der Waals surface area contributed by atoms with Crippen LogP contribution in [0.3, 0.4) is 0 Å². The molecule has 1 aliphatic rings. The van der Waals surface area contributed by atoms with Gasteiger partial charge >= 0.3 is 0 Å². The fourth-order valence-corrected chi connectivity index (χ4v) is 4.17. The molecule has 1 atom stereocenters. The zero-order valence-electron chi connectivity index (χ0n) is 15.9. The Balaban J connectivity index is 1.92. The Morgan fingerprint density at radius 1 is 1.21 bits per heavy atom. The van der Waals surface area contributed by atoms with Crippen molar-refractivity contribution >= 4 is 33.0 Å². The smallest absolute Gasteiger partial charge is 0.271 e. The number of ether oxygens (including phenoxy) is 2. The summed E-state index contributed by atoms with van der Waals surface area (Å²) >= 11 is 0. The minimum Gasteiger partial charge on any atom is -0.454 e. The number of nitro benzene ring substituents is 1. The van der Waals surface area contributed by atoms with Gasteiger partial charge in [0.2, 0.25) is 22.7 Å². The monoisotopic (exact) mass is 421 g/mol. The number of sulfonamides is 1. The summed E-state index contributed by atoms with van der Waals surface area (Å²) < 4.78 is 36.3. The van der Waals surface area contributed by atoms with Crippen molar-refractivity contribution in [1.82, 2.24) is 0 Å². The Morgan fingerprint density at radius 2 is 1.90 bits per heavy atom.